The summed E-state index contributed by atoms with van der Waals surface area (Å²) in [4.78, 5) is 11.4. The average Bonchev–Trinajstić information content (AvgIpc) is 2.50. The number of hydrogen-bond donors (Lipinski definition) is 1. The van der Waals surface area contributed by atoms with Crippen molar-refractivity contribution in [3.63, 3.8) is 0 Å². The van der Waals surface area contributed by atoms with Gasteiger partial charge in [0.1, 0.15) is 0 Å². The van der Waals surface area contributed by atoms with Gasteiger partial charge in [-0.3, -0.25) is 4.79 Å². The first-order valence-corrected chi connectivity index (χ1v) is 6.72. The van der Waals surface area contributed by atoms with Crippen molar-refractivity contribution in [3.05, 3.63) is 65.5 Å². The van der Waals surface area contributed by atoms with Gasteiger partial charge in [-0.2, -0.15) is 0 Å². The zero-order chi connectivity index (χ0) is 15.2. The maximum atomic E-state index is 14.1. The summed E-state index contributed by atoms with van der Waals surface area (Å²) >= 11 is 0. The predicted molar refractivity (Wildman–Crippen MR) is 78.1 cm³/mol. The van der Waals surface area contributed by atoms with Crippen LogP contribution in [0.2, 0.25) is 0 Å². The van der Waals surface area contributed by atoms with Gasteiger partial charge >= 0.3 is 5.97 Å². The summed E-state index contributed by atoms with van der Waals surface area (Å²) in [5, 5.41) is 9.36. The molecule has 0 aliphatic heterocycles. The number of carboxylic acids is 1. The molecule has 0 amide bonds. The van der Waals surface area contributed by atoms with Crippen molar-refractivity contribution in [3.8, 4) is 5.75 Å². The normalized spacial score (nSPS) is 11.9. The summed E-state index contributed by atoms with van der Waals surface area (Å²) in [6.45, 7) is 0. The van der Waals surface area contributed by atoms with Crippen LogP contribution < -0.4 is 4.74 Å². The standard InChI is InChI=1S/C17H17FO3/c1-21-15-9-5-8-13(16(15)18)10-11-14(17(19)20)12-6-3-2-4-7-12/h2-9,14H,10-11H2,1H3,(H,19,20). The minimum Gasteiger partial charge on any atom is -0.494 e. The quantitative estimate of drug-likeness (QED) is 0.882. The minimum absolute atomic E-state index is 0.180. The van der Waals surface area contributed by atoms with E-state index in [-0.39, 0.29) is 5.75 Å². The summed E-state index contributed by atoms with van der Waals surface area (Å²) in [6, 6.07) is 13.9. The molecule has 0 spiro atoms. The molecule has 4 heteroatoms. The van der Waals surface area contributed by atoms with E-state index < -0.39 is 17.7 Å². The first kappa shape index (κ1) is 15.0. The SMILES string of the molecule is COc1cccc(CCC(C(=O)O)c2ccccc2)c1F. The Bertz CT molecular complexity index is 611. The van der Waals surface area contributed by atoms with E-state index in [9.17, 15) is 14.3 Å². The number of carboxylic acid groups (broad SMARTS) is 1. The molecule has 2 aromatic carbocycles. The number of hydrogen-bond acceptors (Lipinski definition) is 2. The van der Waals surface area contributed by atoms with Crippen LogP contribution in [0, 0.1) is 5.82 Å². The summed E-state index contributed by atoms with van der Waals surface area (Å²) in [6.07, 6.45) is 0.679. The topological polar surface area (TPSA) is 46.5 Å². The van der Waals surface area contributed by atoms with E-state index >= 15 is 0 Å². The van der Waals surface area contributed by atoms with Gasteiger partial charge in [-0.1, -0.05) is 42.5 Å². The average molecular weight is 288 g/mol. The lowest BCUT2D eigenvalue weighted by Gasteiger charge is -2.13. The van der Waals surface area contributed by atoms with Crippen molar-refractivity contribution in [2.24, 2.45) is 0 Å². The molecular weight excluding hydrogens is 271 g/mol. The van der Waals surface area contributed by atoms with Crippen molar-refractivity contribution in [2.75, 3.05) is 7.11 Å². The van der Waals surface area contributed by atoms with Crippen LogP contribution in [0.4, 0.5) is 4.39 Å². The van der Waals surface area contributed by atoms with E-state index in [0.29, 0.717) is 18.4 Å². The number of aliphatic carboxylic acids is 1. The van der Waals surface area contributed by atoms with E-state index in [4.69, 9.17) is 4.74 Å². The number of methoxy groups -OCH3 is 1. The summed E-state index contributed by atoms with van der Waals surface area (Å²) in [7, 11) is 1.41. The first-order valence-electron chi connectivity index (χ1n) is 6.72. The van der Waals surface area contributed by atoms with Crippen LogP contribution in [0.5, 0.6) is 5.75 Å². The van der Waals surface area contributed by atoms with Gasteiger partial charge in [0.05, 0.1) is 13.0 Å². The fraction of sp³-hybridized carbons (Fsp3) is 0.235. The second kappa shape index (κ2) is 6.88. The van der Waals surface area contributed by atoms with Crippen LogP contribution in [0.1, 0.15) is 23.5 Å². The van der Waals surface area contributed by atoms with Gasteiger partial charge in [-0.25, -0.2) is 4.39 Å². The lowest BCUT2D eigenvalue weighted by molar-refractivity contribution is -0.138. The summed E-state index contributed by atoms with van der Waals surface area (Å²) in [5.74, 6) is -1.78. The van der Waals surface area contributed by atoms with Gasteiger partial charge in [0.2, 0.25) is 0 Å². The van der Waals surface area contributed by atoms with E-state index in [2.05, 4.69) is 0 Å². The smallest absolute Gasteiger partial charge is 0.310 e. The Kier molecular flexibility index (Phi) is 4.93. The molecule has 1 atom stereocenters. The Labute approximate surface area is 123 Å². The number of benzene rings is 2. The van der Waals surface area contributed by atoms with Crippen LogP contribution >= 0.6 is 0 Å². The lowest BCUT2D eigenvalue weighted by atomic mass is 9.92. The number of rotatable bonds is 6. The second-order valence-electron chi connectivity index (χ2n) is 4.77. The zero-order valence-electron chi connectivity index (χ0n) is 11.8. The maximum Gasteiger partial charge on any atom is 0.310 e. The third kappa shape index (κ3) is 3.60. The highest BCUT2D eigenvalue weighted by Gasteiger charge is 2.20. The fourth-order valence-electron chi connectivity index (χ4n) is 2.32. The van der Waals surface area contributed by atoms with Gasteiger partial charge in [-0.05, 0) is 30.0 Å². The highest BCUT2D eigenvalue weighted by molar-refractivity contribution is 5.76. The van der Waals surface area contributed by atoms with Crippen LogP contribution in [-0.2, 0) is 11.2 Å². The van der Waals surface area contributed by atoms with E-state index in [1.165, 1.54) is 7.11 Å². The van der Waals surface area contributed by atoms with Gasteiger partial charge < -0.3 is 9.84 Å². The van der Waals surface area contributed by atoms with Crippen molar-refractivity contribution < 1.29 is 19.0 Å². The predicted octanol–water partition coefficient (Wildman–Crippen LogP) is 3.64. The molecule has 0 bridgehead atoms. The van der Waals surface area contributed by atoms with E-state index in [1.807, 2.05) is 6.07 Å². The highest BCUT2D eigenvalue weighted by Crippen LogP contribution is 2.26. The molecule has 21 heavy (non-hydrogen) atoms. The largest absolute Gasteiger partial charge is 0.494 e. The van der Waals surface area contributed by atoms with E-state index in [0.717, 1.165) is 5.56 Å². The molecule has 0 aliphatic carbocycles. The molecule has 0 aromatic heterocycles. The number of aryl methyl sites for hydroxylation is 1. The zero-order valence-corrected chi connectivity index (χ0v) is 11.8. The molecule has 1 N–H and O–H groups in total. The highest BCUT2D eigenvalue weighted by atomic mass is 19.1. The van der Waals surface area contributed by atoms with Crippen molar-refractivity contribution in [1.82, 2.24) is 0 Å². The Hall–Kier alpha value is -2.36. The minimum atomic E-state index is -0.899. The molecule has 0 fully saturated rings. The molecule has 0 heterocycles. The number of ether oxygens (including phenoxy) is 1. The van der Waals surface area contributed by atoms with Crippen molar-refractivity contribution in [1.29, 1.82) is 0 Å². The van der Waals surface area contributed by atoms with Crippen molar-refractivity contribution in [2.45, 2.75) is 18.8 Å². The van der Waals surface area contributed by atoms with Crippen LogP contribution in [-0.4, -0.2) is 18.2 Å². The molecule has 3 nitrogen and oxygen atoms in total. The van der Waals surface area contributed by atoms with Gasteiger partial charge in [0.25, 0.3) is 0 Å². The summed E-state index contributed by atoms with van der Waals surface area (Å²) in [5.41, 5.74) is 1.20. The first-order chi connectivity index (χ1) is 10.1. The maximum absolute atomic E-state index is 14.1. The third-order valence-corrected chi connectivity index (χ3v) is 3.47. The molecule has 0 radical (unpaired) electrons. The van der Waals surface area contributed by atoms with Crippen LogP contribution in [0.25, 0.3) is 0 Å². The molecule has 1 unspecified atom stereocenters. The van der Waals surface area contributed by atoms with Gasteiger partial charge in [0.15, 0.2) is 11.6 Å². The molecule has 0 saturated carbocycles. The Morgan fingerprint density at radius 2 is 1.90 bits per heavy atom. The Balaban J connectivity index is 2.15. The Morgan fingerprint density at radius 3 is 2.52 bits per heavy atom. The summed E-state index contributed by atoms with van der Waals surface area (Å²) < 4.78 is 19.0. The molecule has 0 saturated heterocycles. The van der Waals surface area contributed by atoms with Gasteiger partial charge in [-0.15, -0.1) is 0 Å². The number of halogens is 1. The molecule has 110 valence electrons. The van der Waals surface area contributed by atoms with E-state index in [1.54, 1.807) is 42.5 Å². The molecule has 2 rings (SSSR count). The Morgan fingerprint density at radius 1 is 1.19 bits per heavy atom. The third-order valence-electron chi connectivity index (χ3n) is 3.47. The van der Waals surface area contributed by atoms with Crippen LogP contribution in [0.3, 0.4) is 0 Å². The fourth-order valence-corrected chi connectivity index (χ4v) is 2.32. The second-order valence-corrected chi connectivity index (χ2v) is 4.77. The number of carbonyl (C=O) groups is 1. The molecular formula is C17H17FO3. The monoisotopic (exact) mass is 288 g/mol. The lowest BCUT2D eigenvalue weighted by Crippen LogP contribution is -2.13. The van der Waals surface area contributed by atoms with Crippen LogP contribution in [0.15, 0.2) is 48.5 Å². The molecule has 2 aromatic rings. The van der Waals surface area contributed by atoms with Crippen molar-refractivity contribution >= 4 is 5.97 Å². The van der Waals surface area contributed by atoms with Gasteiger partial charge in [0, 0.05) is 0 Å². The molecule has 0 aliphatic rings.